The molecule has 8 nitrogen and oxygen atoms in total. The first-order chi connectivity index (χ1) is 13.5. The molecule has 1 saturated carbocycles. The van der Waals surface area contributed by atoms with Crippen LogP contribution >= 0.6 is 0 Å². The summed E-state index contributed by atoms with van der Waals surface area (Å²) >= 11 is 0. The van der Waals surface area contributed by atoms with Crippen molar-refractivity contribution in [2.24, 2.45) is 0 Å². The fourth-order valence-corrected chi connectivity index (χ4v) is 3.16. The number of hydrogen-bond donors (Lipinski definition) is 2. The summed E-state index contributed by atoms with van der Waals surface area (Å²) < 4.78 is 4.87. The van der Waals surface area contributed by atoms with Gasteiger partial charge in [-0.3, -0.25) is 14.4 Å². The van der Waals surface area contributed by atoms with Crippen LogP contribution in [0, 0.1) is 6.92 Å². The highest BCUT2D eigenvalue weighted by atomic mass is 16.5. The van der Waals surface area contributed by atoms with E-state index in [0.717, 1.165) is 44.6 Å². The molecule has 8 heteroatoms. The first kappa shape index (κ1) is 21.7. The second-order valence-electron chi connectivity index (χ2n) is 7.16. The van der Waals surface area contributed by atoms with Crippen molar-refractivity contribution in [1.29, 1.82) is 0 Å². The molecule has 1 aromatic rings. The second-order valence-corrected chi connectivity index (χ2v) is 7.16. The molecule has 1 aliphatic carbocycles. The molecule has 28 heavy (non-hydrogen) atoms. The van der Waals surface area contributed by atoms with Gasteiger partial charge >= 0.3 is 0 Å². The van der Waals surface area contributed by atoms with Crippen LogP contribution < -0.4 is 10.6 Å². The Morgan fingerprint density at radius 1 is 1.25 bits per heavy atom. The van der Waals surface area contributed by atoms with E-state index in [4.69, 9.17) is 4.52 Å². The average Bonchev–Trinajstić information content (AvgIpc) is 3.08. The van der Waals surface area contributed by atoms with E-state index in [1.807, 2.05) is 6.92 Å². The number of unbranched alkanes of at least 4 members (excludes halogenated alkanes) is 1. The lowest BCUT2D eigenvalue weighted by atomic mass is 9.95. The van der Waals surface area contributed by atoms with Gasteiger partial charge in [0.15, 0.2) is 5.82 Å². The van der Waals surface area contributed by atoms with Crippen LogP contribution in [-0.2, 0) is 14.4 Å². The zero-order chi connectivity index (χ0) is 20.4. The van der Waals surface area contributed by atoms with Crippen LogP contribution in [0.4, 0.5) is 5.82 Å². The number of amides is 3. The van der Waals surface area contributed by atoms with Crippen molar-refractivity contribution in [3.63, 3.8) is 0 Å². The maximum Gasteiger partial charge on any atom is 0.249 e. The van der Waals surface area contributed by atoms with Gasteiger partial charge in [0, 0.05) is 30.8 Å². The number of hydrogen-bond acceptors (Lipinski definition) is 5. The van der Waals surface area contributed by atoms with E-state index >= 15 is 0 Å². The molecular weight excluding hydrogens is 360 g/mol. The van der Waals surface area contributed by atoms with Gasteiger partial charge in [0.1, 0.15) is 5.76 Å². The predicted octanol–water partition coefficient (Wildman–Crippen LogP) is 2.56. The van der Waals surface area contributed by atoms with Crippen LogP contribution in [0.15, 0.2) is 22.7 Å². The van der Waals surface area contributed by atoms with Crippen molar-refractivity contribution in [2.75, 3.05) is 18.4 Å². The lowest BCUT2D eigenvalue weighted by Gasteiger charge is -2.25. The number of nitrogens with zero attached hydrogens (tertiary/aromatic N) is 2. The van der Waals surface area contributed by atoms with E-state index in [1.165, 1.54) is 17.4 Å². The minimum atomic E-state index is -0.483. The Labute approximate surface area is 165 Å². The topological polar surface area (TPSA) is 105 Å². The highest BCUT2D eigenvalue weighted by Gasteiger charge is 2.19. The molecule has 0 aromatic carbocycles. The lowest BCUT2D eigenvalue weighted by Crippen LogP contribution is -2.44. The van der Waals surface area contributed by atoms with Crippen molar-refractivity contribution < 1.29 is 18.9 Å². The monoisotopic (exact) mass is 390 g/mol. The Bertz CT molecular complexity index is 692. The summed E-state index contributed by atoms with van der Waals surface area (Å²) in [7, 11) is 0. The van der Waals surface area contributed by atoms with Crippen LogP contribution in [0.2, 0.25) is 0 Å². The maximum absolute atomic E-state index is 12.5. The summed E-state index contributed by atoms with van der Waals surface area (Å²) in [5.74, 6) is -0.130. The lowest BCUT2D eigenvalue weighted by molar-refractivity contribution is -0.133. The molecule has 0 aliphatic heterocycles. The number of aryl methyl sites for hydroxylation is 1. The van der Waals surface area contributed by atoms with Gasteiger partial charge in [0.2, 0.25) is 17.7 Å². The van der Waals surface area contributed by atoms with Gasteiger partial charge in [-0.1, -0.05) is 37.8 Å². The fraction of sp³-hybridized carbons (Fsp3) is 0.600. The van der Waals surface area contributed by atoms with Crippen molar-refractivity contribution in [3.8, 4) is 0 Å². The van der Waals surface area contributed by atoms with Crippen molar-refractivity contribution in [1.82, 2.24) is 15.4 Å². The van der Waals surface area contributed by atoms with Crippen LogP contribution in [0.1, 0.15) is 57.6 Å². The Morgan fingerprint density at radius 3 is 2.64 bits per heavy atom. The van der Waals surface area contributed by atoms with Crippen molar-refractivity contribution >= 4 is 23.5 Å². The molecule has 1 heterocycles. The third kappa shape index (κ3) is 7.54. The maximum atomic E-state index is 12.5. The molecule has 3 amide bonds. The van der Waals surface area contributed by atoms with Gasteiger partial charge in [0.05, 0.1) is 6.54 Å². The number of nitrogens with one attached hydrogen (secondary N) is 2. The summed E-state index contributed by atoms with van der Waals surface area (Å²) in [5, 5.41) is 9.20. The number of anilines is 1. The van der Waals surface area contributed by atoms with Gasteiger partial charge < -0.3 is 20.1 Å². The van der Waals surface area contributed by atoms with Crippen molar-refractivity contribution in [2.45, 2.75) is 64.8 Å². The smallest absolute Gasteiger partial charge is 0.249 e. The molecule has 0 spiro atoms. The minimum absolute atomic E-state index is 0.00374. The molecular formula is C20H30N4O4. The largest absolute Gasteiger partial charge is 0.360 e. The molecule has 0 atom stereocenters. The van der Waals surface area contributed by atoms with E-state index in [9.17, 15) is 14.4 Å². The molecule has 1 aliphatic rings. The molecule has 2 N–H and O–H groups in total. The Morgan fingerprint density at radius 2 is 2.00 bits per heavy atom. The average molecular weight is 390 g/mol. The normalized spacial score (nSPS) is 14.8. The molecule has 1 fully saturated rings. The summed E-state index contributed by atoms with van der Waals surface area (Å²) in [6.07, 6.45) is 9.50. The number of rotatable bonds is 9. The third-order valence-corrected chi connectivity index (χ3v) is 4.65. The minimum Gasteiger partial charge on any atom is -0.360 e. The van der Waals surface area contributed by atoms with Crippen LogP contribution in [-0.4, -0.2) is 46.9 Å². The highest BCUT2D eigenvalue weighted by molar-refractivity contribution is 6.03. The van der Waals surface area contributed by atoms with E-state index in [2.05, 4.69) is 15.8 Å². The van der Waals surface area contributed by atoms with Gasteiger partial charge in [-0.25, -0.2) is 0 Å². The quantitative estimate of drug-likeness (QED) is 0.631. The number of carbonyl (C=O) groups excluding carboxylic acids is 3. The van der Waals surface area contributed by atoms with Gasteiger partial charge in [-0.05, 0) is 26.2 Å². The number of carbonyl (C=O) groups is 3. The standard InChI is InChI=1S/C20H30N4O4/c1-3-4-12-24(14-19(26)21-16-8-6-5-7-9-16)20(27)11-10-18(25)22-17-13-15(2)28-23-17/h10-11,13,16H,3-9,12,14H2,1-2H3,(H,21,26)(H,22,23,25). The first-order valence-electron chi connectivity index (χ1n) is 9.98. The zero-order valence-corrected chi connectivity index (χ0v) is 16.7. The second kappa shape index (κ2) is 11.3. The predicted molar refractivity (Wildman–Crippen MR) is 106 cm³/mol. The van der Waals surface area contributed by atoms with Crippen LogP contribution in [0.3, 0.4) is 0 Å². The summed E-state index contributed by atoms with van der Waals surface area (Å²) in [6.45, 7) is 4.21. The first-order valence-corrected chi connectivity index (χ1v) is 9.98. The van der Waals surface area contributed by atoms with Gasteiger partial charge in [0.25, 0.3) is 0 Å². The molecule has 0 saturated heterocycles. The fourth-order valence-electron chi connectivity index (χ4n) is 3.16. The molecule has 0 bridgehead atoms. The summed E-state index contributed by atoms with van der Waals surface area (Å²) in [4.78, 5) is 38.2. The zero-order valence-electron chi connectivity index (χ0n) is 16.7. The molecule has 0 radical (unpaired) electrons. The van der Waals surface area contributed by atoms with Crippen LogP contribution in [0.5, 0.6) is 0 Å². The van der Waals surface area contributed by atoms with E-state index in [1.54, 1.807) is 13.0 Å². The van der Waals surface area contributed by atoms with Crippen molar-refractivity contribution in [3.05, 3.63) is 24.0 Å². The molecule has 0 unspecified atom stereocenters. The SMILES string of the molecule is CCCCN(CC(=O)NC1CCCCC1)C(=O)C=CC(=O)Nc1cc(C)on1. The van der Waals surface area contributed by atoms with Gasteiger partial charge in [-0.2, -0.15) is 0 Å². The van der Waals surface area contributed by atoms with E-state index in [-0.39, 0.29) is 30.2 Å². The van der Waals surface area contributed by atoms with Gasteiger partial charge in [-0.15, -0.1) is 0 Å². The molecule has 1 aromatic heterocycles. The molecule has 2 rings (SSSR count). The molecule has 154 valence electrons. The Hall–Kier alpha value is -2.64. The Balaban J connectivity index is 1.87. The van der Waals surface area contributed by atoms with E-state index < -0.39 is 5.91 Å². The number of aromatic nitrogens is 1. The highest BCUT2D eigenvalue weighted by Crippen LogP contribution is 2.17. The van der Waals surface area contributed by atoms with Crippen LogP contribution in [0.25, 0.3) is 0 Å². The third-order valence-electron chi connectivity index (χ3n) is 4.65. The Kier molecular flexibility index (Phi) is 8.71. The summed E-state index contributed by atoms with van der Waals surface area (Å²) in [5.41, 5.74) is 0. The summed E-state index contributed by atoms with van der Waals surface area (Å²) in [6, 6.07) is 1.79. The van der Waals surface area contributed by atoms with E-state index in [0.29, 0.717) is 12.3 Å².